The van der Waals surface area contributed by atoms with Crippen molar-refractivity contribution in [3.05, 3.63) is 73.4 Å². The number of hydrogen-bond donors (Lipinski definition) is 0. The average Bonchev–Trinajstić information content (AvgIpc) is 2.43. The van der Waals surface area contributed by atoms with Crippen LogP contribution in [0.3, 0.4) is 0 Å². The minimum Gasteiger partial charge on any atom is -0.290 e. The maximum absolute atomic E-state index is 11.3. The summed E-state index contributed by atoms with van der Waals surface area (Å²) in [7, 11) is 0. The van der Waals surface area contributed by atoms with Gasteiger partial charge in [-0.25, -0.2) is 0 Å². The van der Waals surface area contributed by atoms with Gasteiger partial charge in [0.25, 0.3) is 0 Å². The summed E-state index contributed by atoms with van der Waals surface area (Å²) in [5.74, 6) is -0.480. The Hall–Kier alpha value is -2.55. The van der Waals surface area contributed by atoms with Gasteiger partial charge in [0, 0.05) is 0 Å². The quantitative estimate of drug-likeness (QED) is 0.478. The standard InChI is InChI=1S/C17H18O3/c1-3-10-16(19)12-6-5-7-13-17(20)14-9-8-11-15(18)4-2/h3-4,6-14H,2,5H2,1H3. The van der Waals surface area contributed by atoms with Gasteiger partial charge in [0.1, 0.15) is 0 Å². The minimum atomic E-state index is -0.214. The van der Waals surface area contributed by atoms with Gasteiger partial charge in [-0.05, 0) is 49.8 Å². The molecule has 0 bridgehead atoms. The third kappa shape index (κ3) is 10.6. The number of carbonyl (C=O) groups excluding carboxylic acids is 3. The molecule has 0 aromatic heterocycles. The van der Waals surface area contributed by atoms with Gasteiger partial charge in [0.2, 0.25) is 0 Å². The van der Waals surface area contributed by atoms with Gasteiger partial charge in [-0.3, -0.25) is 14.4 Å². The van der Waals surface area contributed by atoms with Crippen molar-refractivity contribution in [2.75, 3.05) is 0 Å². The summed E-state index contributed by atoms with van der Waals surface area (Å²) in [6.45, 7) is 5.09. The van der Waals surface area contributed by atoms with Crippen LogP contribution < -0.4 is 0 Å². The van der Waals surface area contributed by atoms with Crippen molar-refractivity contribution in [1.82, 2.24) is 0 Å². The van der Waals surface area contributed by atoms with E-state index in [9.17, 15) is 14.4 Å². The molecule has 0 aliphatic rings. The summed E-state index contributed by atoms with van der Waals surface area (Å²) in [4.78, 5) is 33.2. The average molecular weight is 270 g/mol. The van der Waals surface area contributed by atoms with E-state index in [-0.39, 0.29) is 17.3 Å². The van der Waals surface area contributed by atoms with Crippen molar-refractivity contribution in [3.63, 3.8) is 0 Å². The SMILES string of the molecule is C=CC(=O)C=CC=CC(=O)C=CCC=CC(=O)C=CC. The Morgan fingerprint density at radius 1 is 0.800 bits per heavy atom. The summed E-state index contributed by atoms with van der Waals surface area (Å²) in [5, 5.41) is 0. The summed E-state index contributed by atoms with van der Waals surface area (Å²) < 4.78 is 0. The van der Waals surface area contributed by atoms with Crippen molar-refractivity contribution in [1.29, 1.82) is 0 Å². The lowest BCUT2D eigenvalue weighted by Gasteiger charge is -1.84. The predicted octanol–water partition coefficient (Wildman–Crippen LogP) is 3.07. The van der Waals surface area contributed by atoms with Crippen molar-refractivity contribution in [3.8, 4) is 0 Å². The number of hydrogen-bond acceptors (Lipinski definition) is 3. The Labute approximate surface area is 119 Å². The first kappa shape index (κ1) is 17.4. The lowest BCUT2D eigenvalue weighted by molar-refractivity contribution is -0.111. The molecule has 0 spiro atoms. The second-order valence-electron chi connectivity index (χ2n) is 3.67. The van der Waals surface area contributed by atoms with Gasteiger partial charge < -0.3 is 0 Å². The van der Waals surface area contributed by atoms with E-state index in [1.807, 2.05) is 0 Å². The second-order valence-corrected chi connectivity index (χ2v) is 3.67. The first-order valence-electron chi connectivity index (χ1n) is 6.15. The van der Waals surface area contributed by atoms with E-state index in [1.54, 1.807) is 25.2 Å². The molecule has 0 rings (SSSR count). The molecule has 0 saturated carbocycles. The molecule has 3 heteroatoms. The molecule has 0 aliphatic heterocycles. The van der Waals surface area contributed by atoms with E-state index in [1.165, 1.54) is 48.6 Å². The van der Waals surface area contributed by atoms with Crippen LogP contribution in [0, 0.1) is 0 Å². The summed E-state index contributed by atoms with van der Waals surface area (Å²) in [6, 6.07) is 0. The Morgan fingerprint density at radius 2 is 1.30 bits per heavy atom. The van der Waals surface area contributed by atoms with Crippen LogP contribution in [0.25, 0.3) is 0 Å². The molecule has 0 aromatic carbocycles. The Balaban J connectivity index is 4.09. The fraction of sp³-hybridized carbons (Fsp3) is 0.118. The third-order valence-electron chi connectivity index (χ3n) is 2.00. The molecule has 0 saturated heterocycles. The first-order valence-corrected chi connectivity index (χ1v) is 6.15. The van der Waals surface area contributed by atoms with Crippen molar-refractivity contribution in [2.45, 2.75) is 13.3 Å². The van der Waals surface area contributed by atoms with Gasteiger partial charge in [0.05, 0.1) is 0 Å². The molecule has 0 atom stereocenters. The van der Waals surface area contributed by atoms with Crippen LogP contribution in [0.5, 0.6) is 0 Å². The first-order chi connectivity index (χ1) is 9.60. The number of ketones is 3. The molecule has 0 amide bonds. The Morgan fingerprint density at radius 3 is 1.80 bits per heavy atom. The largest absolute Gasteiger partial charge is 0.290 e. The highest BCUT2D eigenvalue weighted by Gasteiger charge is 1.87. The molecule has 104 valence electrons. The smallest absolute Gasteiger partial charge is 0.178 e. The van der Waals surface area contributed by atoms with Crippen molar-refractivity contribution in [2.24, 2.45) is 0 Å². The van der Waals surface area contributed by atoms with E-state index in [0.29, 0.717) is 6.42 Å². The molecule has 0 aromatic rings. The molecular formula is C17H18O3. The summed E-state index contributed by atoms with van der Waals surface area (Å²) in [6.07, 6.45) is 16.6. The lowest BCUT2D eigenvalue weighted by Crippen LogP contribution is -1.85. The van der Waals surface area contributed by atoms with Crippen LogP contribution in [0.15, 0.2) is 73.4 Å². The van der Waals surface area contributed by atoms with E-state index in [0.717, 1.165) is 0 Å². The molecule has 0 unspecified atom stereocenters. The maximum atomic E-state index is 11.3. The fourth-order valence-electron chi connectivity index (χ4n) is 1.09. The van der Waals surface area contributed by atoms with E-state index >= 15 is 0 Å². The monoisotopic (exact) mass is 270 g/mol. The van der Waals surface area contributed by atoms with Crippen molar-refractivity contribution < 1.29 is 14.4 Å². The van der Waals surface area contributed by atoms with Gasteiger partial charge in [-0.2, -0.15) is 0 Å². The Bertz CT molecular complexity index is 500. The molecule has 3 nitrogen and oxygen atoms in total. The minimum absolute atomic E-state index is 0.0795. The van der Waals surface area contributed by atoms with Crippen LogP contribution in [0.4, 0.5) is 0 Å². The fourth-order valence-corrected chi connectivity index (χ4v) is 1.09. The normalized spacial score (nSPS) is 12.2. The zero-order valence-electron chi connectivity index (χ0n) is 11.5. The number of rotatable bonds is 9. The molecular weight excluding hydrogens is 252 g/mol. The zero-order valence-corrected chi connectivity index (χ0v) is 11.5. The zero-order chi connectivity index (χ0) is 15.2. The van der Waals surface area contributed by atoms with Gasteiger partial charge >= 0.3 is 0 Å². The second kappa shape index (κ2) is 11.5. The molecule has 0 radical (unpaired) electrons. The highest BCUT2D eigenvalue weighted by molar-refractivity contribution is 6.01. The molecule has 0 aliphatic carbocycles. The molecule has 0 N–H and O–H groups in total. The van der Waals surface area contributed by atoms with E-state index < -0.39 is 0 Å². The Kier molecular flexibility index (Phi) is 10.1. The summed E-state index contributed by atoms with van der Waals surface area (Å²) in [5.41, 5.74) is 0. The van der Waals surface area contributed by atoms with Crippen LogP contribution >= 0.6 is 0 Å². The highest BCUT2D eigenvalue weighted by Crippen LogP contribution is 1.90. The van der Waals surface area contributed by atoms with Gasteiger partial charge in [-0.15, -0.1) is 0 Å². The topological polar surface area (TPSA) is 51.2 Å². The van der Waals surface area contributed by atoms with E-state index in [2.05, 4.69) is 6.58 Å². The lowest BCUT2D eigenvalue weighted by atomic mass is 10.2. The summed E-state index contributed by atoms with van der Waals surface area (Å²) >= 11 is 0. The van der Waals surface area contributed by atoms with Crippen LogP contribution in [-0.2, 0) is 14.4 Å². The van der Waals surface area contributed by atoms with Crippen molar-refractivity contribution >= 4 is 17.3 Å². The van der Waals surface area contributed by atoms with Crippen LogP contribution in [-0.4, -0.2) is 17.3 Å². The number of carbonyl (C=O) groups is 3. The third-order valence-corrected chi connectivity index (χ3v) is 2.00. The van der Waals surface area contributed by atoms with Crippen LogP contribution in [0.1, 0.15) is 13.3 Å². The molecule has 0 fully saturated rings. The van der Waals surface area contributed by atoms with E-state index in [4.69, 9.17) is 0 Å². The van der Waals surface area contributed by atoms with Crippen LogP contribution in [0.2, 0.25) is 0 Å². The highest BCUT2D eigenvalue weighted by atomic mass is 16.1. The van der Waals surface area contributed by atoms with Gasteiger partial charge in [0.15, 0.2) is 17.3 Å². The maximum Gasteiger partial charge on any atom is 0.178 e. The van der Waals surface area contributed by atoms with Gasteiger partial charge in [-0.1, -0.05) is 37.0 Å². The molecule has 20 heavy (non-hydrogen) atoms. The number of allylic oxidation sites excluding steroid dienone is 11. The predicted molar refractivity (Wildman–Crippen MR) is 81.2 cm³/mol. The molecule has 0 heterocycles.